The molecule has 0 saturated heterocycles. The lowest BCUT2D eigenvalue weighted by molar-refractivity contribution is -0.112. The molecule has 0 heterocycles. The van der Waals surface area contributed by atoms with Crippen molar-refractivity contribution in [3.63, 3.8) is 0 Å². The Morgan fingerprint density at radius 3 is 1.47 bits per heavy atom. The van der Waals surface area contributed by atoms with Crippen LogP contribution in [0.3, 0.4) is 0 Å². The molecular formula is C31H45NO2. The third-order valence-corrected chi connectivity index (χ3v) is 6.76. The van der Waals surface area contributed by atoms with Crippen LogP contribution in [0.2, 0.25) is 0 Å². The first-order chi connectivity index (χ1) is 15.9. The third kappa shape index (κ3) is 9.93. The molecule has 3 heteroatoms. The Kier molecular flexibility index (Phi) is 10.2. The van der Waals surface area contributed by atoms with Crippen molar-refractivity contribution in [3.8, 4) is 0 Å². The Morgan fingerprint density at radius 2 is 1.09 bits per heavy atom. The molecule has 34 heavy (non-hydrogen) atoms. The minimum absolute atomic E-state index is 0.0395. The van der Waals surface area contributed by atoms with Crippen LogP contribution in [0.4, 0.5) is 0 Å². The zero-order chi connectivity index (χ0) is 25.4. The van der Waals surface area contributed by atoms with Crippen molar-refractivity contribution in [2.75, 3.05) is 20.1 Å². The molecule has 2 aliphatic rings. The van der Waals surface area contributed by atoms with Gasteiger partial charge in [0.15, 0.2) is 11.6 Å². The van der Waals surface area contributed by atoms with Crippen molar-refractivity contribution >= 4 is 11.6 Å². The second-order valence-corrected chi connectivity index (χ2v) is 11.5. The highest BCUT2D eigenvalue weighted by Crippen LogP contribution is 2.27. The van der Waals surface area contributed by atoms with Gasteiger partial charge in [-0.15, -0.1) is 0 Å². The van der Waals surface area contributed by atoms with Gasteiger partial charge in [0, 0.05) is 13.1 Å². The van der Waals surface area contributed by atoms with Crippen LogP contribution in [0.15, 0.2) is 70.9 Å². The van der Waals surface area contributed by atoms with Gasteiger partial charge in [0.1, 0.15) is 0 Å². The maximum atomic E-state index is 12.3. The fraction of sp³-hybridized carbons (Fsp3) is 0.548. The third-order valence-electron chi connectivity index (χ3n) is 6.76. The van der Waals surface area contributed by atoms with Gasteiger partial charge in [-0.25, -0.2) is 0 Å². The van der Waals surface area contributed by atoms with Gasteiger partial charge in [-0.1, -0.05) is 75.3 Å². The van der Waals surface area contributed by atoms with E-state index < -0.39 is 0 Å². The summed E-state index contributed by atoms with van der Waals surface area (Å²) in [5, 5.41) is 0. The van der Waals surface area contributed by atoms with E-state index in [1.54, 1.807) is 12.2 Å². The fourth-order valence-electron chi connectivity index (χ4n) is 4.21. The summed E-state index contributed by atoms with van der Waals surface area (Å²) in [7, 11) is 2.20. The molecule has 2 aliphatic carbocycles. The highest BCUT2D eigenvalue weighted by Gasteiger charge is 2.17. The predicted molar refractivity (Wildman–Crippen MR) is 145 cm³/mol. The molecule has 0 unspecified atom stereocenters. The Bertz CT molecular complexity index is 858. The number of hydrogen-bond donors (Lipinski definition) is 0. The van der Waals surface area contributed by atoms with Crippen molar-refractivity contribution in [1.82, 2.24) is 4.90 Å². The molecular weight excluding hydrogens is 418 g/mol. The maximum absolute atomic E-state index is 12.3. The zero-order valence-corrected chi connectivity index (χ0v) is 22.5. The molecule has 0 aromatic carbocycles. The van der Waals surface area contributed by atoms with E-state index >= 15 is 0 Å². The van der Waals surface area contributed by atoms with Crippen molar-refractivity contribution in [2.24, 2.45) is 10.8 Å². The smallest absolute Gasteiger partial charge is 0.180 e. The highest BCUT2D eigenvalue weighted by atomic mass is 16.1. The number of nitrogens with zero attached hydrogens (tertiary/aromatic N) is 1. The number of ketones is 2. The van der Waals surface area contributed by atoms with Gasteiger partial charge in [-0.05, 0) is 93.5 Å². The minimum atomic E-state index is -0.0395. The summed E-state index contributed by atoms with van der Waals surface area (Å²) in [6.07, 6.45) is 22.1. The second kappa shape index (κ2) is 12.4. The molecule has 186 valence electrons. The summed E-state index contributed by atoms with van der Waals surface area (Å²) in [6.45, 7) is 14.4. The molecule has 0 aliphatic heterocycles. The Balaban J connectivity index is 2.14. The molecule has 0 fully saturated rings. The van der Waals surface area contributed by atoms with Gasteiger partial charge in [0.05, 0.1) is 0 Å². The quantitative estimate of drug-likeness (QED) is 0.409. The van der Waals surface area contributed by atoms with E-state index in [4.69, 9.17) is 0 Å². The number of likely N-dealkylation sites (N-methyl/N-ethyl adjacent to an activating group) is 1. The summed E-state index contributed by atoms with van der Waals surface area (Å²) < 4.78 is 0. The number of hydrogen-bond acceptors (Lipinski definition) is 3. The summed E-state index contributed by atoms with van der Waals surface area (Å²) in [5.74, 6) is 0.243. The number of carbonyl (C=O) groups excluding carboxylic acids is 2. The van der Waals surface area contributed by atoms with Gasteiger partial charge >= 0.3 is 0 Å². The standard InChI is InChI=1S/C31H45NO2/c1-24-10-8-12-26(14-18-30(3,4)20-16-28(24)33)22-32(7)23-27-13-9-11-25(2)29(34)17-21-31(5,6)19-15-27/h10-11,14-17,20-21H,8-9,12-13,18-19,22-23H2,1-7H3/b20-16+,21-17+,24-10+,25-11+,26-14-,27-15-. The summed E-state index contributed by atoms with van der Waals surface area (Å²) in [5.41, 5.74) is 4.46. The fourth-order valence-corrected chi connectivity index (χ4v) is 4.21. The van der Waals surface area contributed by atoms with Crippen LogP contribution in [0.1, 0.15) is 80.1 Å². The summed E-state index contributed by atoms with van der Waals surface area (Å²) in [4.78, 5) is 27.0. The molecule has 2 rings (SSSR count). The first kappa shape index (κ1) is 28.0. The molecule has 3 nitrogen and oxygen atoms in total. The molecule has 0 spiro atoms. The molecule has 0 atom stereocenters. The average Bonchev–Trinajstić information content (AvgIpc) is 2.79. The van der Waals surface area contributed by atoms with Crippen molar-refractivity contribution in [2.45, 2.75) is 80.1 Å². The Hall–Kier alpha value is -2.26. The predicted octanol–water partition coefficient (Wildman–Crippen LogP) is 7.33. The summed E-state index contributed by atoms with van der Waals surface area (Å²) >= 11 is 0. The average molecular weight is 464 g/mol. The van der Waals surface area contributed by atoms with Gasteiger partial charge in [0.25, 0.3) is 0 Å². The van der Waals surface area contributed by atoms with E-state index in [-0.39, 0.29) is 22.4 Å². The van der Waals surface area contributed by atoms with Crippen LogP contribution in [-0.2, 0) is 9.59 Å². The second-order valence-electron chi connectivity index (χ2n) is 11.5. The SMILES string of the molecule is C/C1=C\CC/C(CN(C)C/C2=C\CC(C)(C)/C=C/C(=O)/C(C)=C/CC2)=C/CC(C)(C)/C=C/C1=O. The Morgan fingerprint density at radius 1 is 0.706 bits per heavy atom. The largest absolute Gasteiger partial charge is 0.299 e. The Labute approximate surface area is 208 Å². The van der Waals surface area contributed by atoms with Gasteiger partial charge in [-0.2, -0.15) is 0 Å². The molecule has 0 N–H and O–H groups in total. The van der Waals surface area contributed by atoms with Crippen LogP contribution in [0.5, 0.6) is 0 Å². The molecule has 0 amide bonds. The van der Waals surface area contributed by atoms with Crippen molar-refractivity contribution < 1.29 is 9.59 Å². The van der Waals surface area contributed by atoms with Gasteiger partial charge < -0.3 is 0 Å². The molecule has 0 saturated carbocycles. The lowest BCUT2D eigenvalue weighted by Gasteiger charge is -2.24. The van der Waals surface area contributed by atoms with E-state index in [1.165, 1.54) is 11.1 Å². The van der Waals surface area contributed by atoms with Gasteiger partial charge in [0.2, 0.25) is 0 Å². The monoisotopic (exact) mass is 463 g/mol. The minimum Gasteiger partial charge on any atom is -0.299 e. The topological polar surface area (TPSA) is 37.4 Å². The molecule has 0 bridgehead atoms. The molecule has 0 aromatic rings. The maximum Gasteiger partial charge on any atom is 0.180 e. The van der Waals surface area contributed by atoms with Crippen LogP contribution >= 0.6 is 0 Å². The van der Waals surface area contributed by atoms with Crippen LogP contribution in [0, 0.1) is 10.8 Å². The van der Waals surface area contributed by atoms with Crippen molar-refractivity contribution in [3.05, 3.63) is 70.9 Å². The van der Waals surface area contributed by atoms with E-state index in [0.29, 0.717) is 0 Å². The van der Waals surface area contributed by atoms with E-state index in [0.717, 1.165) is 62.8 Å². The van der Waals surface area contributed by atoms with Gasteiger partial charge in [-0.3, -0.25) is 14.5 Å². The number of allylic oxidation sites excluding steroid dienone is 10. The number of rotatable bonds is 4. The molecule has 0 aromatic heterocycles. The first-order valence-corrected chi connectivity index (χ1v) is 12.7. The first-order valence-electron chi connectivity index (χ1n) is 12.7. The van der Waals surface area contributed by atoms with Crippen LogP contribution in [0.25, 0.3) is 0 Å². The van der Waals surface area contributed by atoms with Crippen molar-refractivity contribution in [1.29, 1.82) is 0 Å². The van der Waals surface area contributed by atoms with Crippen LogP contribution < -0.4 is 0 Å². The lowest BCUT2D eigenvalue weighted by atomic mass is 9.87. The van der Waals surface area contributed by atoms with E-state index in [9.17, 15) is 9.59 Å². The highest BCUT2D eigenvalue weighted by molar-refractivity contribution is 6.03. The molecule has 0 radical (unpaired) electrons. The lowest BCUT2D eigenvalue weighted by Crippen LogP contribution is -2.24. The zero-order valence-electron chi connectivity index (χ0n) is 22.5. The van der Waals surface area contributed by atoms with E-state index in [1.807, 2.05) is 13.8 Å². The van der Waals surface area contributed by atoms with E-state index in [2.05, 4.69) is 76.1 Å². The van der Waals surface area contributed by atoms with Crippen LogP contribution in [-0.4, -0.2) is 36.6 Å². The normalized spacial score (nSPS) is 30.2. The number of carbonyl (C=O) groups is 2. The summed E-state index contributed by atoms with van der Waals surface area (Å²) in [6, 6.07) is 0.